The maximum Gasteiger partial charge on any atom is 0.227 e. The molecule has 2 aliphatic heterocycles. The zero-order valence-electron chi connectivity index (χ0n) is 13.2. The molecule has 1 saturated heterocycles. The Morgan fingerprint density at radius 2 is 2.00 bits per heavy atom. The standard InChI is InChI=1S/C17H21NO4S/c1-22-16-4-2-13(3-5-16)14-6-9-18(10-7-14)17(19)15-8-11-23(20,21)12-15/h2-6,15H,7-12H2,1H3/t15-/m1/s1. The van der Waals surface area contributed by atoms with Gasteiger partial charge in [0.2, 0.25) is 5.91 Å². The van der Waals surface area contributed by atoms with Gasteiger partial charge in [-0.05, 0) is 36.1 Å². The van der Waals surface area contributed by atoms with Crippen LogP contribution in [0.25, 0.3) is 5.57 Å². The second kappa shape index (κ2) is 6.35. The Kier molecular flexibility index (Phi) is 4.43. The third-order valence-corrected chi connectivity index (χ3v) is 6.33. The monoisotopic (exact) mass is 335 g/mol. The van der Waals surface area contributed by atoms with Crippen LogP contribution >= 0.6 is 0 Å². The number of amides is 1. The predicted molar refractivity (Wildman–Crippen MR) is 88.9 cm³/mol. The fraction of sp³-hybridized carbons (Fsp3) is 0.471. The summed E-state index contributed by atoms with van der Waals surface area (Å²) in [7, 11) is -1.37. The molecule has 0 radical (unpaired) electrons. The number of nitrogens with zero attached hydrogens (tertiary/aromatic N) is 1. The summed E-state index contributed by atoms with van der Waals surface area (Å²) in [5.41, 5.74) is 2.36. The highest BCUT2D eigenvalue weighted by Gasteiger charge is 2.35. The van der Waals surface area contributed by atoms with E-state index in [-0.39, 0.29) is 23.3 Å². The van der Waals surface area contributed by atoms with Crippen molar-refractivity contribution in [1.29, 1.82) is 0 Å². The predicted octanol–water partition coefficient (Wildman–Crippen LogP) is 1.75. The van der Waals surface area contributed by atoms with Crippen molar-refractivity contribution in [2.24, 2.45) is 5.92 Å². The third kappa shape index (κ3) is 3.58. The van der Waals surface area contributed by atoms with Crippen LogP contribution in [0.4, 0.5) is 0 Å². The van der Waals surface area contributed by atoms with E-state index in [0.717, 1.165) is 17.7 Å². The number of rotatable bonds is 3. The summed E-state index contributed by atoms with van der Waals surface area (Å²) in [4.78, 5) is 14.2. The zero-order chi connectivity index (χ0) is 16.4. The maximum absolute atomic E-state index is 12.4. The van der Waals surface area contributed by atoms with E-state index in [9.17, 15) is 13.2 Å². The molecule has 1 amide bonds. The first-order valence-corrected chi connectivity index (χ1v) is 9.63. The van der Waals surface area contributed by atoms with Crippen LogP contribution < -0.4 is 4.74 Å². The first kappa shape index (κ1) is 16.1. The molecule has 0 bridgehead atoms. The lowest BCUT2D eigenvalue weighted by molar-refractivity contribution is -0.134. The molecular weight excluding hydrogens is 314 g/mol. The van der Waals surface area contributed by atoms with Crippen molar-refractivity contribution in [3.05, 3.63) is 35.9 Å². The minimum atomic E-state index is -3.01. The van der Waals surface area contributed by atoms with Gasteiger partial charge in [0.25, 0.3) is 0 Å². The smallest absolute Gasteiger partial charge is 0.227 e. The molecule has 0 aliphatic carbocycles. The van der Waals surface area contributed by atoms with E-state index < -0.39 is 9.84 Å². The fourth-order valence-electron chi connectivity index (χ4n) is 3.18. The van der Waals surface area contributed by atoms with Gasteiger partial charge in [-0.3, -0.25) is 4.79 Å². The van der Waals surface area contributed by atoms with Crippen molar-refractivity contribution >= 4 is 21.3 Å². The molecule has 1 fully saturated rings. The first-order valence-electron chi connectivity index (χ1n) is 7.81. The van der Waals surface area contributed by atoms with Crippen LogP contribution in [0.5, 0.6) is 5.75 Å². The Morgan fingerprint density at radius 3 is 2.52 bits per heavy atom. The highest BCUT2D eigenvalue weighted by Crippen LogP contribution is 2.27. The number of ether oxygens (including phenoxy) is 1. The molecule has 23 heavy (non-hydrogen) atoms. The average Bonchev–Trinajstić information content (AvgIpc) is 2.94. The normalized spacial score (nSPS) is 23.4. The Bertz CT molecular complexity index is 721. The lowest BCUT2D eigenvalue weighted by Crippen LogP contribution is -2.39. The minimum absolute atomic E-state index is 0.0113. The van der Waals surface area contributed by atoms with Crippen LogP contribution in [0.3, 0.4) is 0 Å². The van der Waals surface area contributed by atoms with Crippen LogP contribution in [0.2, 0.25) is 0 Å². The summed E-state index contributed by atoms with van der Waals surface area (Å²) in [6.07, 6.45) is 3.32. The molecule has 1 aromatic carbocycles. The van der Waals surface area contributed by atoms with Gasteiger partial charge >= 0.3 is 0 Å². The third-order valence-electron chi connectivity index (χ3n) is 4.56. The molecule has 6 heteroatoms. The summed E-state index contributed by atoms with van der Waals surface area (Å²) < 4.78 is 28.2. The van der Waals surface area contributed by atoms with Gasteiger partial charge in [0.05, 0.1) is 24.5 Å². The van der Waals surface area contributed by atoms with Crippen LogP contribution in [0.1, 0.15) is 18.4 Å². The number of hydrogen-bond acceptors (Lipinski definition) is 4. The minimum Gasteiger partial charge on any atom is -0.497 e. The summed E-state index contributed by atoms with van der Waals surface area (Å²) in [5.74, 6) is 0.609. The van der Waals surface area contributed by atoms with Crippen molar-refractivity contribution in [3.63, 3.8) is 0 Å². The summed E-state index contributed by atoms with van der Waals surface area (Å²) in [6, 6.07) is 7.89. The van der Waals surface area contributed by atoms with Gasteiger partial charge in [0.15, 0.2) is 9.84 Å². The average molecular weight is 335 g/mol. The van der Waals surface area contributed by atoms with Gasteiger partial charge < -0.3 is 9.64 Å². The second-order valence-electron chi connectivity index (χ2n) is 6.09. The molecule has 2 aliphatic rings. The maximum atomic E-state index is 12.4. The fourth-order valence-corrected chi connectivity index (χ4v) is 4.92. The van der Waals surface area contributed by atoms with Gasteiger partial charge in [-0.1, -0.05) is 18.2 Å². The Morgan fingerprint density at radius 1 is 1.26 bits per heavy atom. The highest BCUT2D eigenvalue weighted by molar-refractivity contribution is 7.91. The van der Waals surface area contributed by atoms with Crippen LogP contribution in [-0.4, -0.2) is 50.9 Å². The quantitative estimate of drug-likeness (QED) is 0.844. The first-order chi connectivity index (χ1) is 11.0. The van der Waals surface area contributed by atoms with E-state index in [2.05, 4.69) is 6.08 Å². The van der Waals surface area contributed by atoms with Crippen LogP contribution in [0, 0.1) is 5.92 Å². The molecule has 0 N–H and O–H groups in total. The molecule has 124 valence electrons. The molecule has 0 saturated carbocycles. The molecule has 2 heterocycles. The van der Waals surface area contributed by atoms with E-state index in [1.54, 1.807) is 12.0 Å². The van der Waals surface area contributed by atoms with Crippen molar-refractivity contribution in [3.8, 4) is 5.75 Å². The van der Waals surface area contributed by atoms with Crippen molar-refractivity contribution in [2.75, 3.05) is 31.7 Å². The molecule has 1 aromatic rings. The van der Waals surface area contributed by atoms with Crippen molar-refractivity contribution in [1.82, 2.24) is 4.90 Å². The molecule has 1 atom stereocenters. The van der Waals surface area contributed by atoms with Crippen molar-refractivity contribution in [2.45, 2.75) is 12.8 Å². The molecule has 0 spiro atoms. The summed E-state index contributed by atoms with van der Waals surface area (Å²) in [5, 5.41) is 0. The van der Waals surface area contributed by atoms with E-state index in [0.29, 0.717) is 19.5 Å². The molecule has 0 unspecified atom stereocenters. The zero-order valence-corrected chi connectivity index (χ0v) is 14.0. The molecule has 3 rings (SSSR count). The highest BCUT2D eigenvalue weighted by atomic mass is 32.2. The Labute approximate surface area is 136 Å². The summed E-state index contributed by atoms with van der Waals surface area (Å²) in [6.45, 7) is 1.20. The number of hydrogen-bond donors (Lipinski definition) is 0. The number of carbonyl (C=O) groups excluding carboxylic acids is 1. The number of methoxy groups -OCH3 is 1. The van der Waals surface area contributed by atoms with Crippen molar-refractivity contribution < 1.29 is 17.9 Å². The van der Waals surface area contributed by atoms with Crippen LogP contribution in [-0.2, 0) is 14.6 Å². The largest absolute Gasteiger partial charge is 0.497 e. The lowest BCUT2D eigenvalue weighted by Gasteiger charge is -2.28. The van der Waals surface area contributed by atoms with E-state index in [1.165, 1.54) is 5.57 Å². The van der Waals surface area contributed by atoms with Gasteiger partial charge in [-0.2, -0.15) is 0 Å². The number of benzene rings is 1. The topological polar surface area (TPSA) is 63.7 Å². The second-order valence-corrected chi connectivity index (χ2v) is 8.32. The summed E-state index contributed by atoms with van der Waals surface area (Å²) >= 11 is 0. The van der Waals surface area contributed by atoms with Gasteiger partial charge in [-0.25, -0.2) is 8.42 Å². The van der Waals surface area contributed by atoms with E-state index >= 15 is 0 Å². The van der Waals surface area contributed by atoms with Crippen LogP contribution in [0.15, 0.2) is 30.3 Å². The van der Waals surface area contributed by atoms with Gasteiger partial charge in [0, 0.05) is 13.1 Å². The molecule has 0 aromatic heterocycles. The SMILES string of the molecule is COc1ccc(C2=CCN(C(=O)[C@@H]3CCS(=O)(=O)C3)CC2)cc1. The van der Waals surface area contributed by atoms with Gasteiger partial charge in [0.1, 0.15) is 5.75 Å². The lowest BCUT2D eigenvalue weighted by atomic mass is 9.98. The Hall–Kier alpha value is -1.82. The molecular formula is C17H21NO4S. The number of sulfone groups is 1. The molecule has 5 nitrogen and oxygen atoms in total. The Balaban J connectivity index is 1.64. The van der Waals surface area contributed by atoms with E-state index in [1.807, 2.05) is 24.3 Å². The number of carbonyl (C=O) groups is 1. The van der Waals surface area contributed by atoms with E-state index in [4.69, 9.17) is 4.74 Å². The van der Waals surface area contributed by atoms with Gasteiger partial charge in [-0.15, -0.1) is 0 Å².